The highest BCUT2D eigenvalue weighted by molar-refractivity contribution is 6.36. The standard InChI is InChI=1S/C60H37NO2/c1-2-13-38(14-3-1)39-27-31-42(32-28-39)61(43-33-29-40(30-34-43)46-22-12-24-52-47-17-6-8-25-54(47)63-60(46)52)44-16-10-15-41(37-44)45-21-11-23-49-51-35-36-56-59(53-20-7-9-26-55(53)62-56)58(51)50-19-5-4-18-48(50)57(45)49/h1-37H. The molecule has 0 saturated carbocycles. The average Bonchev–Trinajstić information content (AvgIpc) is 3.94. The summed E-state index contributed by atoms with van der Waals surface area (Å²) in [5.41, 5.74) is 13.7. The van der Waals surface area contributed by atoms with E-state index in [-0.39, 0.29) is 0 Å². The van der Waals surface area contributed by atoms with Crippen LogP contribution in [-0.2, 0) is 0 Å². The number of benzene rings is 11. The molecular formula is C60H37NO2. The third kappa shape index (κ3) is 5.60. The van der Waals surface area contributed by atoms with Gasteiger partial charge >= 0.3 is 0 Å². The molecular weight excluding hydrogens is 767 g/mol. The highest BCUT2D eigenvalue weighted by Crippen LogP contribution is 2.46. The molecule has 0 radical (unpaired) electrons. The summed E-state index contributed by atoms with van der Waals surface area (Å²) in [6, 6.07) is 80.4. The van der Waals surface area contributed by atoms with Gasteiger partial charge in [-0.05, 0) is 115 Å². The van der Waals surface area contributed by atoms with Crippen LogP contribution < -0.4 is 4.90 Å². The Morgan fingerprint density at radius 1 is 0.254 bits per heavy atom. The Labute approximate surface area is 363 Å². The lowest BCUT2D eigenvalue weighted by molar-refractivity contribution is 0.669. The lowest BCUT2D eigenvalue weighted by Crippen LogP contribution is -2.10. The number of hydrogen-bond acceptors (Lipinski definition) is 3. The van der Waals surface area contributed by atoms with Crippen LogP contribution in [-0.4, -0.2) is 0 Å². The molecule has 0 unspecified atom stereocenters. The van der Waals surface area contributed by atoms with Crippen LogP contribution in [0.2, 0.25) is 0 Å². The Morgan fingerprint density at radius 3 is 1.52 bits per heavy atom. The summed E-state index contributed by atoms with van der Waals surface area (Å²) >= 11 is 0. The van der Waals surface area contributed by atoms with Gasteiger partial charge in [0.15, 0.2) is 0 Å². The lowest BCUT2D eigenvalue weighted by Gasteiger charge is -2.26. The molecule has 294 valence electrons. The predicted molar refractivity (Wildman–Crippen MR) is 265 cm³/mol. The highest BCUT2D eigenvalue weighted by atomic mass is 16.3. The van der Waals surface area contributed by atoms with Gasteiger partial charge in [0.25, 0.3) is 0 Å². The normalized spacial score (nSPS) is 11.8. The molecule has 3 nitrogen and oxygen atoms in total. The van der Waals surface area contributed by atoms with Gasteiger partial charge in [-0.25, -0.2) is 0 Å². The summed E-state index contributed by atoms with van der Waals surface area (Å²) in [4.78, 5) is 2.36. The molecule has 63 heavy (non-hydrogen) atoms. The zero-order chi connectivity index (χ0) is 41.4. The van der Waals surface area contributed by atoms with Crippen molar-refractivity contribution in [3.8, 4) is 33.4 Å². The van der Waals surface area contributed by atoms with Gasteiger partial charge in [-0.3, -0.25) is 0 Å². The molecule has 0 N–H and O–H groups in total. The van der Waals surface area contributed by atoms with E-state index in [1.807, 2.05) is 18.2 Å². The van der Waals surface area contributed by atoms with Crippen LogP contribution in [0.5, 0.6) is 0 Å². The quantitative estimate of drug-likeness (QED) is 0.157. The molecule has 2 aromatic heterocycles. The Hall–Kier alpha value is -8.40. The average molecular weight is 804 g/mol. The van der Waals surface area contributed by atoms with Crippen molar-refractivity contribution in [1.82, 2.24) is 0 Å². The minimum absolute atomic E-state index is 0.901. The number of nitrogens with zero attached hydrogens (tertiary/aromatic N) is 1. The first-order chi connectivity index (χ1) is 31.2. The van der Waals surface area contributed by atoms with Gasteiger partial charge in [-0.2, -0.15) is 0 Å². The second-order valence-corrected chi connectivity index (χ2v) is 16.4. The van der Waals surface area contributed by atoms with E-state index >= 15 is 0 Å². The Balaban J connectivity index is 0.980. The minimum Gasteiger partial charge on any atom is -0.456 e. The molecule has 0 aliphatic carbocycles. The third-order valence-electron chi connectivity index (χ3n) is 12.9. The fraction of sp³-hybridized carbons (Fsp3) is 0. The van der Waals surface area contributed by atoms with E-state index in [0.717, 1.165) is 72.2 Å². The number of hydrogen-bond donors (Lipinski definition) is 0. The first kappa shape index (κ1) is 35.4. The SMILES string of the molecule is c1ccc(-c2ccc(N(c3ccc(-c4cccc5c4oc4ccccc45)cc3)c3cccc(-c4cccc5c6ccc7oc8ccccc8c7c6c6ccccc6c45)c3)cc2)cc1. The zero-order valence-corrected chi connectivity index (χ0v) is 34.1. The Morgan fingerprint density at radius 2 is 0.778 bits per heavy atom. The predicted octanol–water partition coefficient (Wildman–Crippen LogP) is 17.4. The molecule has 0 atom stereocenters. The Bertz CT molecular complexity index is 3870. The monoisotopic (exact) mass is 803 g/mol. The lowest BCUT2D eigenvalue weighted by atomic mass is 9.88. The molecule has 13 rings (SSSR count). The number of para-hydroxylation sites is 3. The summed E-state index contributed by atoms with van der Waals surface area (Å²) in [5, 5.41) is 11.9. The molecule has 13 aromatic rings. The molecule has 3 heteroatoms. The van der Waals surface area contributed by atoms with Crippen LogP contribution in [0, 0.1) is 0 Å². The van der Waals surface area contributed by atoms with Gasteiger partial charge in [0.2, 0.25) is 0 Å². The number of rotatable bonds is 6. The molecule has 0 aliphatic heterocycles. The summed E-state index contributed by atoms with van der Waals surface area (Å²) in [6.45, 7) is 0. The molecule has 0 fully saturated rings. The minimum atomic E-state index is 0.901. The summed E-state index contributed by atoms with van der Waals surface area (Å²) in [5.74, 6) is 0. The van der Waals surface area contributed by atoms with Crippen molar-refractivity contribution in [3.63, 3.8) is 0 Å². The second kappa shape index (κ2) is 14.1. The summed E-state index contributed by atoms with van der Waals surface area (Å²) < 4.78 is 12.9. The van der Waals surface area contributed by atoms with Crippen LogP contribution in [0.25, 0.3) is 110 Å². The van der Waals surface area contributed by atoms with E-state index in [9.17, 15) is 0 Å². The van der Waals surface area contributed by atoms with E-state index in [2.05, 4.69) is 211 Å². The topological polar surface area (TPSA) is 29.5 Å². The van der Waals surface area contributed by atoms with Crippen molar-refractivity contribution in [2.75, 3.05) is 4.90 Å². The van der Waals surface area contributed by atoms with E-state index in [0.29, 0.717) is 0 Å². The van der Waals surface area contributed by atoms with Crippen LogP contribution in [0.3, 0.4) is 0 Å². The molecule has 0 spiro atoms. The maximum atomic E-state index is 6.46. The molecule has 2 heterocycles. The summed E-state index contributed by atoms with van der Waals surface area (Å²) in [7, 11) is 0. The van der Waals surface area contributed by atoms with E-state index < -0.39 is 0 Å². The maximum Gasteiger partial charge on any atom is 0.143 e. The fourth-order valence-electron chi connectivity index (χ4n) is 10.0. The molecule has 0 saturated heterocycles. The van der Waals surface area contributed by atoms with Crippen LogP contribution in [0.4, 0.5) is 17.1 Å². The zero-order valence-electron chi connectivity index (χ0n) is 34.1. The van der Waals surface area contributed by atoms with Gasteiger partial charge in [0.1, 0.15) is 22.3 Å². The van der Waals surface area contributed by atoms with Gasteiger partial charge in [-0.1, -0.05) is 164 Å². The van der Waals surface area contributed by atoms with Crippen LogP contribution >= 0.6 is 0 Å². The highest BCUT2D eigenvalue weighted by Gasteiger charge is 2.20. The van der Waals surface area contributed by atoms with Crippen molar-refractivity contribution in [2.24, 2.45) is 0 Å². The van der Waals surface area contributed by atoms with Crippen molar-refractivity contribution >= 4 is 93.3 Å². The molecule has 11 aromatic carbocycles. The smallest absolute Gasteiger partial charge is 0.143 e. The van der Waals surface area contributed by atoms with Crippen molar-refractivity contribution < 1.29 is 8.83 Å². The number of anilines is 3. The number of furan rings is 2. The van der Waals surface area contributed by atoms with Gasteiger partial charge in [0, 0.05) is 49.6 Å². The largest absolute Gasteiger partial charge is 0.456 e. The number of fused-ring (bicyclic) bond motifs is 13. The van der Waals surface area contributed by atoms with E-state index in [4.69, 9.17) is 8.83 Å². The molecule has 0 aliphatic rings. The van der Waals surface area contributed by atoms with Gasteiger partial charge < -0.3 is 13.7 Å². The van der Waals surface area contributed by atoms with E-state index in [1.54, 1.807) is 0 Å². The van der Waals surface area contributed by atoms with Gasteiger partial charge in [-0.15, -0.1) is 0 Å². The second-order valence-electron chi connectivity index (χ2n) is 16.4. The van der Waals surface area contributed by atoms with Crippen LogP contribution in [0.15, 0.2) is 233 Å². The van der Waals surface area contributed by atoms with Crippen molar-refractivity contribution in [2.45, 2.75) is 0 Å². The first-order valence-electron chi connectivity index (χ1n) is 21.5. The van der Waals surface area contributed by atoms with Crippen LogP contribution in [0.1, 0.15) is 0 Å². The van der Waals surface area contributed by atoms with Gasteiger partial charge in [0.05, 0.1) is 0 Å². The molecule has 0 bridgehead atoms. The first-order valence-corrected chi connectivity index (χ1v) is 21.5. The van der Waals surface area contributed by atoms with E-state index in [1.165, 1.54) is 54.4 Å². The molecule has 0 amide bonds. The van der Waals surface area contributed by atoms with Crippen molar-refractivity contribution in [1.29, 1.82) is 0 Å². The fourth-order valence-corrected chi connectivity index (χ4v) is 10.0. The summed E-state index contributed by atoms with van der Waals surface area (Å²) in [6.07, 6.45) is 0. The van der Waals surface area contributed by atoms with Crippen molar-refractivity contribution in [3.05, 3.63) is 224 Å². The Kier molecular flexibility index (Phi) is 7.91. The maximum absolute atomic E-state index is 6.46. The third-order valence-corrected chi connectivity index (χ3v) is 12.9.